The van der Waals surface area contributed by atoms with E-state index in [9.17, 15) is 19.1 Å². The van der Waals surface area contributed by atoms with Crippen molar-refractivity contribution in [2.75, 3.05) is 13.2 Å². The fourth-order valence-electron chi connectivity index (χ4n) is 4.65. The van der Waals surface area contributed by atoms with E-state index in [0.29, 0.717) is 30.8 Å². The monoisotopic (exact) mass is 473 g/mol. The standard InChI is InChI=1S/C27H24FN3O4/c28-19-8-4-9-20(14-19)31-23-16-30(13-11-21(23)22-10-5-12-29-27(22)31)25(32)17-35-24(15-26(33)34)18-6-2-1-3-7-18/h1-10,12,14,24H,11,13,15-17H2,(H,33,34). The summed E-state index contributed by atoms with van der Waals surface area (Å²) < 4.78 is 21.7. The van der Waals surface area contributed by atoms with E-state index < -0.39 is 12.1 Å². The molecule has 3 heterocycles. The number of nitrogens with zero attached hydrogens (tertiary/aromatic N) is 3. The highest BCUT2D eigenvalue weighted by atomic mass is 19.1. The number of rotatable bonds is 7. The van der Waals surface area contributed by atoms with Crippen LogP contribution in [0.3, 0.4) is 0 Å². The highest BCUT2D eigenvalue weighted by Gasteiger charge is 2.28. The van der Waals surface area contributed by atoms with Gasteiger partial charge in [-0.25, -0.2) is 9.37 Å². The maximum Gasteiger partial charge on any atom is 0.306 e. The molecule has 35 heavy (non-hydrogen) atoms. The molecule has 1 amide bonds. The molecule has 0 radical (unpaired) electrons. The van der Waals surface area contributed by atoms with Gasteiger partial charge < -0.3 is 14.7 Å². The first-order chi connectivity index (χ1) is 17.0. The predicted octanol–water partition coefficient (Wildman–Crippen LogP) is 4.28. The smallest absolute Gasteiger partial charge is 0.306 e. The molecule has 7 nitrogen and oxygen atoms in total. The molecule has 1 unspecified atom stereocenters. The molecule has 0 saturated carbocycles. The third-order valence-corrected chi connectivity index (χ3v) is 6.27. The third kappa shape index (κ3) is 4.65. The van der Waals surface area contributed by atoms with E-state index in [1.807, 2.05) is 28.8 Å². The molecule has 0 bridgehead atoms. The summed E-state index contributed by atoms with van der Waals surface area (Å²) in [6, 6.07) is 19.2. The summed E-state index contributed by atoms with van der Waals surface area (Å²) in [5, 5.41) is 10.3. The van der Waals surface area contributed by atoms with Crippen LogP contribution in [0.1, 0.15) is 29.3 Å². The molecule has 4 aromatic rings. The molecule has 0 spiro atoms. The second kappa shape index (κ2) is 9.68. The Morgan fingerprint density at radius 3 is 2.69 bits per heavy atom. The van der Waals surface area contributed by atoms with Gasteiger partial charge in [-0.3, -0.25) is 14.2 Å². The normalized spacial score (nSPS) is 14.0. The number of amides is 1. The SMILES string of the molecule is O=C(O)CC(OCC(=O)N1CCc2c(n(-c3cccc(F)c3)c3ncccc23)C1)c1ccccc1. The number of pyridine rings is 1. The quantitative estimate of drug-likeness (QED) is 0.433. The highest BCUT2D eigenvalue weighted by Crippen LogP contribution is 2.33. The lowest BCUT2D eigenvalue weighted by atomic mass is 10.0. The van der Waals surface area contributed by atoms with E-state index in [2.05, 4.69) is 4.98 Å². The number of carboxylic acids is 1. The number of aromatic nitrogens is 2. The molecule has 0 saturated heterocycles. The minimum atomic E-state index is -0.999. The van der Waals surface area contributed by atoms with Gasteiger partial charge in [0.25, 0.3) is 0 Å². The van der Waals surface area contributed by atoms with Gasteiger partial charge in [-0.2, -0.15) is 0 Å². The van der Waals surface area contributed by atoms with Crippen LogP contribution in [0.2, 0.25) is 0 Å². The lowest BCUT2D eigenvalue weighted by Gasteiger charge is -2.29. The number of hydrogen-bond donors (Lipinski definition) is 1. The number of halogens is 1. The van der Waals surface area contributed by atoms with Crippen molar-refractivity contribution in [3.63, 3.8) is 0 Å². The molecular formula is C27H24FN3O4. The fraction of sp³-hybridized carbons (Fsp3) is 0.222. The molecule has 5 rings (SSSR count). The summed E-state index contributed by atoms with van der Waals surface area (Å²) in [7, 11) is 0. The highest BCUT2D eigenvalue weighted by molar-refractivity contribution is 5.85. The Labute approximate surface area is 201 Å². The molecular weight excluding hydrogens is 449 g/mol. The van der Waals surface area contributed by atoms with Crippen LogP contribution in [-0.2, 0) is 27.3 Å². The van der Waals surface area contributed by atoms with E-state index in [1.165, 1.54) is 12.1 Å². The van der Waals surface area contributed by atoms with Gasteiger partial charge in [0.15, 0.2) is 0 Å². The van der Waals surface area contributed by atoms with E-state index in [4.69, 9.17) is 4.74 Å². The zero-order valence-electron chi connectivity index (χ0n) is 18.9. The first-order valence-electron chi connectivity index (χ1n) is 11.4. The van der Waals surface area contributed by atoms with Gasteiger partial charge in [-0.05, 0) is 47.9 Å². The maximum absolute atomic E-state index is 14.0. The minimum Gasteiger partial charge on any atom is -0.481 e. The van der Waals surface area contributed by atoms with Crippen LogP contribution in [0.15, 0.2) is 72.9 Å². The van der Waals surface area contributed by atoms with Crippen molar-refractivity contribution < 1.29 is 23.8 Å². The lowest BCUT2D eigenvalue weighted by molar-refractivity contribution is -0.146. The Balaban J connectivity index is 1.40. The van der Waals surface area contributed by atoms with Gasteiger partial charge in [0.05, 0.1) is 24.8 Å². The number of hydrogen-bond acceptors (Lipinski definition) is 4. The molecule has 0 fully saturated rings. The second-order valence-electron chi connectivity index (χ2n) is 8.49. The van der Waals surface area contributed by atoms with Crippen molar-refractivity contribution in [2.45, 2.75) is 25.5 Å². The minimum absolute atomic E-state index is 0.231. The average Bonchev–Trinajstić information content (AvgIpc) is 3.20. The molecule has 0 aliphatic carbocycles. The predicted molar refractivity (Wildman–Crippen MR) is 128 cm³/mol. The zero-order valence-corrected chi connectivity index (χ0v) is 18.9. The molecule has 2 aromatic heterocycles. The molecule has 8 heteroatoms. The van der Waals surface area contributed by atoms with E-state index in [-0.39, 0.29) is 24.8 Å². The van der Waals surface area contributed by atoms with Crippen LogP contribution in [0.4, 0.5) is 4.39 Å². The Bertz CT molecular complexity index is 1390. The summed E-state index contributed by atoms with van der Waals surface area (Å²) in [6.45, 7) is 0.585. The van der Waals surface area contributed by atoms with Crippen LogP contribution in [0, 0.1) is 5.82 Å². The van der Waals surface area contributed by atoms with E-state index in [1.54, 1.807) is 41.4 Å². The van der Waals surface area contributed by atoms with Gasteiger partial charge in [0, 0.05) is 23.8 Å². The van der Waals surface area contributed by atoms with E-state index >= 15 is 0 Å². The molecule has 1 N–H and O–H groups in total. The number of aliphatic carboxylic acids is 1. The van der Waals surface area contributed by atoms with Gasteiger partial charge >= 0.3 is 5.97 Å². The van der Waals surface area contributed by atoms with Gasteiger partial charge in [-0.1, -0.05) is 36.4 Å². The number of ether oxygens (including phenoxy) is 1. The number of benzene rings is 2. The second-order valence-corrected chi connectivity index (χ2v) is 8.49. The number of fused-ring (bicyclic) bond motifs is 3. The number of carbonyl (C=O) groups is 2. The van der Waals surface area contributed by atoms with Crippen LogP contribution in [-0.4, -0.2) is 44.6 Å². The first-order valence-corrected chi connectivity index (χ1v) is 11.4. The van der Waals surface area contributed by atoms with Crippen molar-refractivity contribution in [2.24, 2.45) is 0 Å². The molecule has 1 aliphatic heterocycles. The zero-order chi connectivity index (χ0) is 24.4. The summed E-state index contributed by atoms with van der Waals surface area (Å²) in [4.78, 5) is 30.7. The van der Waals surface area contributed by atoms with Crippen molar-refractivity contribution in [1.29, 1.82) is 0 Å². The summed E-state index contributed by atoms with van der Waals surface area (Å²) in [5.41, 5.74) is 4.05. The fourth-order valence-corrected chi connectivity index (χ4v) is 4.65. The van der Waals surface area contributed by atoms with Crippen LogP contribution >= 0.6 is 0 Å². The molecule has 1 atom stereocenters. The van der Waals surface area contributed by atoms with Gasteiger partial charge in [-0.15, -0.1) is 0 Å². The lowest BCUT2D eigenvalue weighted by Crippen LogP contribution is -2.39. The van der Waals surface area contributed by atoms with Crippen molar-refractivity contribution in [3.8, 4) is 5.69 Å². The Kier molecular flexibility index (Phi) is 6.29. The summed E-state index contributed by atoms with van der Waals surface area (Å²) >= 11 is 0. The number of carbonyl (C=O) groups excluding carboxylic acids is 1. The van der Waals surface area contributed by atoms with Crippen molar-refractivity contribution >= 4 is 22.9 Å². The summed E-state index contributed by atoms with van der Waals surface area (Å²) in [5.74, 6) is -1.58. The van der Waals surface area contributed by atoms with Crippen LogP contribution in [0.25, 0.3) is 16.7 Å². The molecule has 1 aliphatic rings. The van der Waals surface area contributed by atoms with Gasteiger partial charge in [0.2, 0.25) is 5.91 Å². The van der Waals surface area contributed by atoms with Crippen LogP contribution in [0.5, 0.6) is 0 Å². The van der Waals surface area contributed by atoms with E-state index in [0.717, 1.165) is 22.3 Å². The maximum atomic E-state index is 14.0. The van der Waals surface area contributed by atoms with Crippen molar-refractivity contribution in [3.05, 3.63) is 95.6 Å². The largest absolute Gasteiger partial charge is 0.481 e. The average molecular weight is 474 g/mol. The van der Waals surface area contributed by atoms with Crippen molar-refractivity contribution in [1.82, 2.24) is 14.5 Å². The Morgan fingerprint density at radius 1 is 1.09 bits per heavy atom. The summed E-state index contributed by atoms with van der Waals surface area (Å²) in [6.07, 6.45) is 1.37. The van der Waals surface area contributed by atoms with Gasteiger partial charge in [0.1, 0.15) is 18.1 Å². The Hall–Kier alpha value is -4.04. The topological polar surface area (TPSA) is 84.7 Å². The first kappa shape index (κ1) is 22.7. The number of carboxylic acid groups (broad SMARTS) is 1. The van der Waals surface area contributed by atoms with Crippen LogP contribution < -0.4 is 0 Å². The Morgan fingerprint density at radius 2 is 1.91 bits per heavy atom. The molecule has 178 valence electrons. The molecule has 2 aromatic carbocycles. The third-order valence-electron chi connectivity index (χ3n) is 6.27.